The molecule has 6 nitrogen and oxygen atoms in total. The van der Waals surface area contributed by atoms with Crippen molar-refractivity contribution in [2.75, 3.05) is 31.6 Å². The lowest BCUT2D eigenvalue weighted by Gasteiger charge is -2.41. The van der Waals surface area contributed by atoms with Crippen LogP contribution in [0.25, 0.3) is 0 Å². The Balaban J connectivity index is 1.36. The predicted molar refractivity (Wildman–Crippen MR) is 131 cm³/mol. The van der Waals surface area contributed by atoms with Gasteiger partial charge in [0.15, 0.2) is 0 Å². The molecule has 0 radical (unpaired) electrons. The molecule has 2 heterocycles. The Bertz CT molecular complexity index is 871. The Morgan fingerprint density at radius 2 is 1.91 bits per heavy atom. The van der Waals surface area contributed by atoms with Gasteiger partial charge in [-0.1, -0.05) is 24.4 Å². The average molecular weight is 476 g/mol. The molecule has 182 valence electrons. The van der Waals surface area contributed by atoms with Crippen molar-refractivity contribution >= 4 is 29.1 Å². The van der Waals surface area contributed by atoms with Gasteiger partial charge in [-0.2, -0.15) is 0 Å². The molecule has 0 aromatic heterocycles. The third kappa shape index (κ3) is 5.90. The van der Waals surface area contributed by atoms with E-state index in [1.165, 1.54) is 12.8 Å². The SMILES string of the molecule is Cc1c(CN2CCN(C(=O)C3CCCC3)[C@@H](C)C2)cc(Cl)cc1NC(=O)CC1CCOC1C. The first-order valence-electron chi connectivity index (χ1n) is 12.5. The Hall–Kier alpha value is -1.63. The molecular formula is C26H38ClN3O3. The zero-order chi connectivity index (χ0) is 23.5. The number of piperazine rings is 1. The number of anilines is 1. The third-order valence-electron chi connectivity index (χ3n) is 7.83. The first-order valence-corrected chi connectivity index (χ1v) is 12.9. The summed E-state index contributed by atoms with van der Waals surface area (Å²) in [5, 5.41) is 3.72. The second kappa shape index (κ2) is 10.7. The van der Waals surface area contributed by atoms with Crippen molar-refractivity contribution in [3.63, 3.8) is 0 Å². The maximum absolute atomic E-state index is 12.9. The van der Waals surface area contributed by atoms with Crippen LogP contribution in [0.2, 0.25) is 5.02 Å². The molecule has 1 aromatic carbocycles. The summed E-state index contributed by atoms with van der Waals surface area (Å²) in [6, 6.07) is 4.05. The van der Waals surface area contributed by atoms with Crippen molar-refractivity contribution in [1.29, 1.82) is 0 Å². The van der Waals surface area contributed by atoms with Crippen LogP contribution in [0.5, 0.6) is 0 Å². The van der Waals surface area contributed by atoms with E-state index >= 15 is 0 Å². The maximum atomic E-state index is 12.9. The largest absolute Gasteiger partial charge is 0.378 e. The fraction of sp³-hybridized carbons (Fsp3) is 0.692. The van der Waals surface area contributed by atoms with Crippen LogP contribution in [0.4, 0.5) is 5.69 Å². The molecule has 3 fully saturated rings. The molecule has 7 heteroatoms. The number of halogens is 1. The van der Waals surface area contributed by atoms with Gasteiger partial charge in [0, 0.05) is 61.9 Å². The van der Waals surface area contributed by atoms with Gasteiger partial charge in [-0.25, -0.2) is 0 Å². The lowest BCUT2D eigenvalue weighted by molar-refractivity contribution is -0.140. The number of hydrogen-bond acceptors (Lipinski definition) is 4. The topological polar surface area (TPSA) is 61.9 Å². The molecule has 1 aliphatic carbocycles. The van der Waals surface area contributed by atoms with Gasteiger partial charge in [0.2, 0.25) is 11.8 Å². The molecule has 33 heavy (non-hydrogen) atoms. The summed E-state index contributed by atoms with van der Waals surface area (Å²) in [6.07, 6.45) is 6.01. The second-order valence-corrected chi connectivity index (χ2v) is 10.6. The van der Waals surface area contributed by atoms with Gasteiger partial charge in [0.05, 0.1) is 6.10 Å². The van der Waals surface area contributed by atoms with Crippen LogP contribution < -0.4 is 5.32 Å². The lowest BCUT2D eigenvalue weighted by Crippen LogP contribution is -2.54. The maximum Gasteiger partial charge on any atom is 0.226 e. The molecule has 2 aliphatic heterocycles. The van der Waals surface area contributed by atoms with Crippen molar-refractivity contribution < 1.29 is 14.3 Å². The highest BCUT2D eigenvalue weighted by Crippen LogP contribution is 2.30. The molecule has 0 spiro atoms. The lowest BCUT2D eigenvalue weighted by atomic mass is 9.98. The first kappa shape index (κ1) is 24.5. The van der Waals surface area contributed by atoms with Crippen LogP contribution in [-0.2, 0) is 20.9 Å². The van der Waals surface area contributed by atoms with Crippen LogP contribution in [0, 0.1) is 18.8 Å². The van der Waals surface area contributed by atoms with E-state index in [2.05, 4.69) is 22.0 Å². The molecule has 2 unspecified atom stereocenters. The van der Waals surface area contributed by atoms with E-state index in [9.17, 15) is 9.59 Å². The number of nitrogens with one attached hydrogen (secondary N) is 1. The highest BCUT2D eigenvalue weighted by Gasteiger charge is 2.33. The monoisotopic (exact) mass is 475 g/mol. The van der Waals surface area contributed by atoms with E-state index in [4.69, 9.17) is 16.3 Å². The highest BCUT2D eigenvalue weighted by atomic mass is 35.5. The van der Waals surface area contributed by atoms with Crippen molar-refractivity contribution in [2.45, 2.75) is 78.0 Å². The molecule has 4 rings (SSSR count). The van der Waals surface area contributed by atoms with Gasteiger partial charge in [-0.15, -0.1) is 0 Å². The van der Waals surface area contributed by atoms with Crippen LogP contribution in [0.3, 0.4) is 0 Å². The van der Waals surface area contributed by atoms with Gasteiger partial charge in [-0.05, 0) is 69.2 Å². The minimum Gasteiger partial charge on any atom is -0.378 e. The Morgan fingerprint density at radius 1 is 1.15 bits per heavy atom. The van der Waals surface area contributed by atoms with E-state index in [1.54, 1.807) is 0 Å². The predicted octanol–water partition coefficient (Wildman–Crippen LogP) is 4.62. The molecule has 2 saturated heterocycles. The van der Waals surface area contributed by atoms with Gasteiger partial charge in [-0.3, -0.25) is 14.5 Å². The van der Waals surface area contributed by atoms with Crippen molar-refractivity contribution in [1.82, 2.24) is 9.80 Å². The molecular weight excluding hydrogens is 438 g/mol. The molecule has 1 N–H and O–H groups in total. The summed E-state index contributed by atoms with van der Waals surface area (Å²) in [7, 11) is 0. The van der Waals surface area contributed by atoms with E-state index in [1.807, 2.05) is 26.0 Å². The summed E-state index contributed by atoms with van der Waals surface area (Å²) >= 11 is 6.44. The molecule has 2 amide bonds. The fourth-order valence-electron chi connectivity index (χ4n) is 5.67. The van der Waals surface area contributed by atoms with E-state index < -0.39 is 0 Å². The standard InChI is InChI=1S/C26H38ClN3O3/c1-17-15-29(9-10-30(17)26(32)20-6-4-5-7-20)16-22-12-23(27)14-24(18(22)2)28-25(31)13-21-8-11-33-19(21)3/h12,14,17,19-21H,4-11,13,15-16H2,1-3H3,(H,28,31)/t17-,19?,21?/m0/s1. The first-order chi connectivity index (χ1) is 15.8. The van der Waals surface area contributed by atoms with E-state index in [0.29, 0.717) is 17.4 Å². The van der Waals surface area contributed by atoms with Crippen molar-refractivity contribution in [3.05, 3.63) is 28.3 Å². The summed E-state index contributed by atoms with van der Waals surface area (Å²) in [6.45, 7) is 10.2. The molecule has 3 aliphatic rings. The fourth-order valence-corrected chi connectivity index (χ4v) is 5.91. The van der Waals surface area contributed by atoms with E-state index in [-0.39, 0.29) is 29.9 Å². The average Bonchev–Trinajstić information content (AvgIpc) is 3.43. The third-order valence-corrected chi connectivity index (χ3v) is 8.05. The minimum absolute atomic E-state index is 0.0151. The second-order valence-electron chi connectivity index (χ2n) is 10.2. The van der Waals surface area contributed by atoms with E-state index in [0.717, 1.165) is 68.9 Å². The summed E-state index contributed by atoms with van der Waals surface area (Å²) in [4.78, 5) is 30.1. The Labute approximate surface area is 203 Å². The molecule has 0 bridgehead atoms. The quantitative estimate of drug-likeness (QED) is 0.651. The zero-order valence-corrected chi connectivity index (χ0v) is 21.0. The van der Waals surface area contributed by atoms with Gasteiger partial charge >= 0.3 is 0 Å². The number of hydrogen-bond donors (Lipinski definition) is 1. The highest BCUT2D eigenvalue weighted by molar-refractivity contribution is 6.31. The molecule has 1 aromatic rings. The molecule has 3 atom stereocenters. The van der Waals surface area contributed by atoms with Crippen LogP contribution in [-0.4, -0.2) is 60.0 Å². The van der Waals surface area contributed by atoms with Crippen LogP contribution in [0.1, 0.15) is 63.5 Å². The summed E-state index contributed by atoms with van der Waals surface area (Å²) in [5.74, 6) is 0.875. The number of carbonyl (C=O) groups is 2. The number of carbonyl (C=O) groups excluding carboxylic acids is 2. The van der Waals surface area contributed by atoms with Crippen molar-refractivity contribution in [2.24, 2.45) is 11.8 Å². The Kier molecular flexibility index (Phi) is 7.98. The number of amides is 2. The Morgan fingerprint density at radius 3 is 2.58 bits per heavy atom. The van der Waals surface area contributed by atoms with Gasteiger partial charge in [0.25, 0.3) is 0 Å². The van der Waals surface area contributed by atoms with Crippen molar-refractivity contribution in [3.8, 4) is 0 Å². The number of ether oxygens (including phenoxy) is 1. The van der Waals surface area contributed by atoms with Crippen LogP contribution >= 0.6 is 11.6 Å². The number of nitrogens with zero attached hydrogens (tertiary/aromatic N) is 2. The summed E-state index contributed by atoms with van der Waals surface area (Å²) in [5.41, 5.74) is 2.97. The van der Waals surface area contributed by atoms with Gasteiger partial charge in [0.1, 0.15) is 0 Å². The number of benzene rings is 1. The van der Waals surface area contributed by atoms with Gasteiger partial charge < -0.3 is 15.0 Å². The smallest absolute Gasteiger partial charge is 0.226 e. The normalized spacial score (nSPS) is 26.7. The summed E-state index contributed by atoms with van der Waals surface area (Å²) < 4.78 is 5.59. The minimum atomic E-state index is 0.0151. The molecule has 1 saturated carbocycles. The van der Waals surface area contributed by atoms with Crippen LogP contribution in [0.15, 0.2) is 12.1 Å². The zero-order valence-electron chi connectivity index (χ0n) is 20.2. The number of rotatable bonds is 6.